The Bertz CT molecular complexity index is 1190. The van der Waals surface area contributed by atoms with Gasteiger partial charge >= 0.3 is 6.16 Å². The zero-order valence-corrected chi connectivity index (χ0v) is 25.7. The topological polar surface area (TPSA) is 72.5 Å². The highest BCUT2D eigenvalue weighted by Crippen LogP contribution is 2.35. The number of carbonyl (C=O) groups is 1. The standard InChI is InChI=1S/C34H42O7S/c1-5-42-32-31(38-23-27-19-13-8-14-20-27)30(37-22-26-17-11-7-12-18-26)29(40-33(35)41-34(2,3)4)28(39-32)24-36-21-25-15-9-6-10-16-25/h6-20,28-32H,5,21-24H2,1-4H3/t28-,29+,30+,31-,32+/m1/s1. The minimum absolute atomic E-state index is 0.194. The van der Waals surface area contributed by atoms with Crippen LogP contribution in [0.4, 0.5) is 4.79 Å². The molecule has 1 heterocycles. The van der Waals surface area contributed by atoms with Crippen LogP contribution in [0.1, 0.15) is 44.4 Å². The van der Waals surface area contributed by atoms with Gasteiger partial charge in [0.25, 0.3) is 0 Å². The van der Waals surface area contributed by atoms with Crippen molar-refractivity contribution in [2.75, 3.05) is 12.4 Å². The Labute approximate surface area is 253 Å². The fourth-order valence-corrected chi connectivity index (χ4v) is 5.58. The molecule has 1 fully saturated rings. The van der Waals surface area contributed by atoms with Crippen molar-refractivity contribution in [3.8, 4) is 0 Å². The van der Waals surface area contributed by atoms with E-state index in [0.29, 0.717) is 19.8 Å². The highest BCUT2D eigenvalue weighted by molar-refractivity contribution is 7.99. The molecule has 7 nitrogen and oxygen atoms in total. The largest absolute Gasteiger partial charge is 0.509 e. The lowest BCUT2D eigenvalue weighted by Crippen LogP contribution is -2.61. The van der Waals surface area contributed by atoms with E-state index in [9.17, 15) is 4.79 Å². The number of benzene rings is 3. The molecular formula is C34H42O7S. The molecule has 0 saturated carbocycles. The third-order valence-electron chi connectivity index (χ3n) is 6.51. The molecule has 1 aliphatic heterocycles. The Morgan fingerprint density at radius 3 is 1.74 bits per heavy atom. The van der Waals surface area contributed by atoms with Crippen molar-refractivity contribution in [2.45, 2.75) is 83.0 Å². The fraction of sp³-hybridized carbons (Fsp3) is 0.441. The average molecular weight is 595 g/mol. The highest BCUT2D eigenvalue weighted by atomic mass is 32.2. The summed E-state index contributed by atoms with van der Waals surface area (Å²) in [7, 11) is 0. The van der Waals surface area contributed by atoms with Gasteiger partial charge in [0, 0.05) is 0 Å². The van der Waals surface area contributed by atoms with Gasteiger partial charge in [0.1, 0.15) is 29.3 Å². The molecule has 3 aromatic carbocycles. The van der Waals surface area contributed by atoms with Gasteiger partial charge in [-0.25, -0.2) is 4.79 Å². The van der Waals surface area contributed by atoms with Crippen LogP contribution in [-0.2, 0) is 48.2 Å². The lowest BCUT2D eigenvalue weighted by molar-refractivity contribution is -0.244. The van der Waals surface area contributed by atoms with E-state index in [0.717, 1.165) is 22.4 Å². The molecule has 5 atom stereocenters. The monoisotopic (exact) mass is 594 g/mol. The van der Waals surface area contributed by atoms with Gasteiger partial charge in [0.2, 0.25) is 0 Å². The quantitative estimate of drug-likeness (QED) is 0.193. The van der Waals surface area contributed by atoms with Crippen molar-refractivity contribution < 1.29 is 33.2 Å². The minimum atomic E-state index is -0.839. The van der Waals surface area contributed by atoms with Crippen molar-refractivity contribution in [3.05, 3.63) is 108 Å². The van der Waals surface area contributed by atoms with E-state index in [4.69, 9.17) is 28.4 Å². The van der Waals surface area contributed by atoms with Crippen LogP contribution in [-0.4, -0.2) is 54.0 Å². The first-order valence-corrected chi connectivity index (χ1v) is 15.5. The van der Waals surface area contributed by atoms with Gasteiger partial charge in [0.05, 0.1) is 26.4 Å². The summed E-state index contributed by atoms with van der Waals surface area (Å²) in [6.07, 6.45) is -3.42. The van der Waals surface area contributed by atoms with Crippen LogP contribution in [0.15, 0.2) is 91.0 Å². The molecule has 0 aliphatic carbocycles. The number of carbonyl (C=O) groups excluding carboxylic acids is 1. The Balaban J connectivity index is 1.61. The Morgan fingerprint density at radius 1 is 0.738 bits per heavy atom. The van der Waals surface area contributed by atoms with Crippen molar-refractivity contribution in [2.24, 2.45) is 0 Å². The summed E-state index contributed by atoms with van der Waals surface area (Å²) in [5, 5.41) is 0. The van der Waals surface area contributed by atoms with E-state index in [1.165, 1.54) is 0 Å². The molecule has 3 aromatic rings. The Kier molecular flexibility index (Phi) is 12.3. The van der Waals surface area contributed by atoms with Crippen LogP contribution in [0.5, 0.6) is 0 Å². The van der Waals surface area contributed by atoms with E-state index >= 15 is 0 Å². The SMILES string of the molecule is CCS[C@@H]1O[C@H](COCc2ccccc2)[C@H](OC(=O)OC(C)(C)C)[C@H](OCc2ccccc2)[C@H]1OCc1ccccc1. The maximum absolute atomic E-state index is 13.0. The second-order valence-electron chi connectivity index (χ2n) is 11.1. The molecule has 0 spiro atoms. The summed E-state index contributed by atoms with van der Waals surface area (Å²) in [6.45, 7) is 8.74. The third-order valence-corrected chi connectivity index (χ3v) is 7.55. The molecule has 1 saturated heterocycles. The van der Waals surface area contributed by atoms with E-state index in [1.54, 1.807) is 32.5 Å². The first-order chi connectivity index (χ1) is 20.3. The Hall–Kier alpha value is -2.88. The van der Waals surface area contributed by atoms with E-state index in [-0.39, 0.29) is 12.0 Å². The predicted molar refractivity (Wildman–Crippen MR) is 164 cm³/mol. The first kappa shape index (κ1) is 32.0. The Morgan fingerprint density at radius 2 is 1.24 bits per heavy atom. The number of rotatable bonds is 13. The average Bonchev–Trinajstić information content (AvgIpc) is 2.97. The van der Waals surface area contributed by atoms with E-state index in [2.05, 4.69) is 6.92 Å². The van der Waals surface area contributed by atoms with Gasteiger partial charge in [0.15, 0.2) is 6.10 Å². The summed E-state index contributed by atoms with van der Waals surface area (Å²) in [6, 6.07) is 29.8. The minimum Gasteiger partial charge on any atom is -0.429 e. The summed E-state index contributed by atoms with van der Waals surface area (Å²) < 4.78 is 37.4. The van der Waals surface area contributed by atoms with Crippen LogP contribution < -0.4 is 0 Å². The summed E-state index contributed by atoms with van der Waals surface area (Å²) in [5.41, 5.74) is 1.97. The molecule has 0 radical (unpaired) electrons. The molecule has 0 unspecified atom stereocenters. The maximum Gasteiger partial charge on any atom is 0.509 e. The van der Waals surface area contributed by atoms with Crippen molar-refractivity contribution in [3.63, 3.8) is 0 Å². The molecule has 0 amide bonds. The van der Waals surface area contributed by atoms with Gasteiger partial charge in [-0.05, 0) is 43.2 Å². The van der Waals surface area contributed by atoms with Crippen LogP contribution in [0.25, 0.3) is 0 Å². The molecule has 42 heavy (non-hydrogen) atoms. The third kappa shape index (κ3) is 10.1. The summed E-state index contributed by atoms with van der Waals surface area (Å²) >= 11 is 1.63. The van der Waals surface area contributed by atoms with Crippen LogP contribution in [0.3, 0.4) is 0 Å². The van der Waals surface area contributed by atoms with E-state index < -0.39 is 36.2 Å². The van der Waals surface area contributed by atoms with Crippen molar-refractivity contribution in [1.82, 2.24) is 0 Å². The molecule has 0 bridgehead atoms. The first-order valence-electron chi connectivity index (χ1n) is 14.4. The molecular weight excluding hydrogens is 552 g/mol. The molecule has 8 heteroatoms. The second-order valence-corrected chi connectivity index (χ2v) is 12.4. The lowest BCUT2D eigenvalue weighted by Gasteiger charge is -2.45. The molecule has 0 N–H and O–H groups in total. The molecule has 0 aromatic heterocycles. The fourth-order valence-electron chi connectivity index (χ4n) is 4.60. The van der Waals surface area contributed by atoms with Gasteiger partial charge in [-0.2, -0.15) is 0 Å². The van der Waals surface area contributed by atoms with Gasteiger partial charge in [-0.1, -0.05) is 97.9 Å². The van der Waals surface area contributed by atoms with Crippen molar-refractivity contribution in [1.29, 1.82) is 0 Å². The van der Waals surface area contributed by atoms with E-state index in [1.807, 2.05) is 91.0 Å². The van der Waals surface area contributed by atoms with Crippen LogP contribution >= 0.6 is 11.8 Å². The smallest absolute Gasteiger partial charge is 0.429 e. The molecule has 1 aliphatic rings. The predicted octanol–water partition coefficient (Wildman–Crippen LogP) is 7.17. The summed E-state index contributed by atoms with van der Waals surface area (Å²) in [4.78, 5) is 13.0. The van der Waals surface area contributed by atoms with Gasteiger partial charge < -0.3 is 28.4 Å². The number of thioether (sulfide) groups is 1. The molecule has 226 valence electrons. The van der Waals surface area contributed by atoms with Crippen LogP contribution in [0.2, 0.25) is 0 Å². The number of hydrogen-bond acceptors (Lipinski definition) is 8. The molecule has 4 rings (SSSR count). The number of ether oxygens (including phenoxy) is 6. The van der Waals surface area contributed by atoms with Gasteiger partial charge in [-0.15, -0.1) is 11.8 Å². The highest BCUT2D eigenvalue weighted by Gasteiger charge is 2.50. The summed E-state index contributed by atoms with van der Waals surface area (Å²) in [5.74, 6) is 0.802. The second kappa shape index (κ2) is 16.1. The maximum atomic E-state index is 13.0. The normalized spacial score (nSPS) is 22.4. The zero-order valence-electron chi connectivity index (χ0n) is 24.8. The van der Waals surface area contributed by atoms with Crippen LogP contribution in [0, 0.1) is 0 Å². The van der Waals surface area contributed by atoms with Gasteiger partial charge in [-0.3, -0.25) is 0 Å². The van der Waals surface area contributed by atoms with Crippen molar-refractivity contribution >= 4 is 17.9 Å². The lowest BCUT2D eigenvalue weighted by atomic mass is 9.99. The number of hydrogen-bond donors (Lipinski definition) is 0. The zero-order chi connectivity index (χ0) is 29.8.